The fraction of sp³-hybridized carbons (Fsp3) is 0.619. The second-order valence-electron chi connectivity index (χ2n) is 7.62. The van der Waals surface area contributed by atoms with Gasteiger partial charge in [0, 0.05) is 26.2 Å². The van der Waals surface area contributed by atoms with Crippen molar-refractivity contribution in [1.82, 2.24) is 15.1 Å². The average Bonchev–Trinajstić information content (AvgIpc) is 2.99. The summed E-state index contributed by atoms with van der Waals surface area (Å²) < 4.78 is 5.56. The SMILES string of the molecule is CCCOc1ccc(N2C(=O)C[C@@H](NCCCN3CCN(C)CC3)C2=O)cc1. The van der Waals surface area contributed by atoms with Crippen molar-refractivity contribution in [2.45, 2.75) is 32.2 Å². The zero-order valence-corrected chi connectivity index (χ0v) is 17.0. The molecule has 0 aliphatic carbocycles. The van der Waals surface area contributed by atoms with Gasteiger partial charge in [0.25, 0.3) is 5.91 Å². The van der Waals surface area contributed by atoms with Crippen LogP contribution in [-0.4, -0.2) is 80.6 Å². The number of nitrogens with one attached hydrogen (secondary N) is 1. The molecule has 1 N–H and O–H groups in total. The zero-order chi connectivity index (χ0) is 19.9. The van der Waals surface area contributed by atoms with Crippen LogP contribution in [0.25, 0.3) is 0 Å². The third-order valence-electron chi connectivity index (χ3n) is 5.35. The molecule has 154 valence electrons. The van der Waals surface area contributed by atoms with Crippen LogP contribution in [0.2, 0.25) is 0 Å². The van der Waals surface area contributed by atoms with E-state index in [2.05, 4.69) is 22.2 Å². The highest BCUT2D eigenvalue weighted by atomic mass is 16.5. The number of piperazine rings is 1. The second-order valence-corrected chi connectivity index (χ2v) is 7.62. The molecule has 2 heterocycles. The van der Waals surface area contributed by atoms with Crippen LogP contribution in [-0.2, 0) is 9.59 Å². The van der Waals surface area contributed by atoms with Gasteiger partial charge in [-0.15, -0.1) is 0 Å². The van der Waals surface area contributed by atoms with Gasteiger partial charge in [0.15, 0.2) is 0 Å². The Bertz CT molecular complexity index is 656. The predicted octanol–water partition coefficient (Wildman–Crippen LogP) is 1.33. The average molecular weight is 389 g/mol. The summed E-state index contributed by atoms with van der Waals surface area (Å²) in [7, 11) is 2.15. The summed E-state index contributed by atoms with van der Waals surface area (Å²) in [5, 5.41) is 3.28. The summed E-state index contributed by atoms with van der Waals surface area (Å²) in [6.45, 7) is 8.90. The molecule has 28 heavy (non-hydrogen) atoms. The monoisotopic (exact) mass is 388 g/mol. The molecule has 0 radical (unpaired) electrons. The number of likely N-dealkylation sites (N-methyl/N-ethyl adjacent to an activating group) is 1. The Hall–Kier alpha value is -1.96. The maximum Gasteiger partial charge on any atom is 0.251 e. The number of nitrogens with zero attached hydrogens (tertiary/aromatic N) is 3. The molecule has 2 fully saturated rings. The van der Waals surface area contributed by atoms with Gasteiger partial charge < -0.3 is 19.9 Å². The fourth-order valence-corrected chi connectivity index (χ4v) is 3.62. The molecule has 1 atom stereocenters. The molecule has 0 spiro atoms. The van der Waals surface area contributed by atoms with E-state index in [-0.39, 0.29) is 18.2 Å². The number of anilines is 1. The van der Waals surface area contributed by atoms with Crippen LogP contribution in [0.4, 0.5) is 5.69 Å². The Kier molecular flexibility index (Phi) is 7.42. The number of hydrogen-bond acceptors (Lipinski definition) is 6. The molecule has 2 aliphatic rings. The summed E-state index contributed by atoms with van der Waals surface area (Å²) in [6, 6.07) is 6.74. The standard InChI is InChI=1S/C21H32N4O3/c1-3-15-28-18-7-5-17(6-8-18)25-20(26)16-19(21(25)27)22-9-4-10-24-13-11-23(2)12-14-24/h5-8,19,22H,3-4,9-16H2,1-2H3/t19-/m1/s1. The Morgan fingerprint density at radius 2 is 1.82 bits per heavy atom. The van der Waals surface area contributed by atoms with Gasteiger partial charge in [-0.2, -0.15) is 0 Å². The highest BCUT2D eigenvalue weighted by Crippen LogP contribution is 2.25. The van der Waals surface area contributed by atoms with E-state index in [4.69, 9.17) is 4.74 Å². The number of amides is 2. The Labute approximate surface area is 167 Å². The molecule has 7 nitrogen and oxygen atoms in total. The highest BCUT2D eigenvalue weighted by molar-refractivity contribution is 6.22. The molecule has 0 saturated carbocycles. The van der Waals surface area contributed by atoms with Crippen LogP contribution in [0.5, 0.6) is 5.75 Å². The van der Waals surface area contributed by atoms with Gasteiger partial charge in [0.05, 0.1) is 24.8 Å². The van der Waals surface area contributed by atoms with Gasteiger partial charge in [-0.25, -0.2) is 4.90 Å². The van der Waals surface area contributed by atoms with Gasteiger partial charge in [0.2, 0.25) is 5.91 Å². The topological polar surface area (TPSA) is 65.1 Å². The number of benzene rings is 1. The molecule has 3 rings (SSSR count). The lowest BCUT2D eigenvalue weighted by atomic mass is 10.2. The molecule has 1 aromatic rings. The van der Waals surface area contributed by atoms with Gasteiger partial charge in [-0.1, -0.05) is 6.92 Å². The first kappa shape index (κ1) is 20.8. The molecule has 2 saturated heterocycles. The summed E-state index contributed by atoms with van der Waals surface area (Å²) in [4.78, 5) is 31.2. The first-order chi connectivity index (χ1) is 13.6. The number of carbonyl (C=O) groups excluding carboxylic acids is 2. The summed E-state index contributed by atoms with van der Waals surface area (Å²) in [6.07, 6.45) is 2.14. The van der Waals surface area contributed by atoms with E-state index in [0.29, 0.717) is 12.3 Å². The highest BCUT2D eigenvalue weighted by Gasteiger charge is 2.39. The van der Waals surface area contributed by atoms with Crippen molar-refractivity contribution in [3.05, 3.63) is 24.3 Å². The van der Waals surface area contributed by atoms with E-state index in [0.717, 1.165) is 57.9 Å². The van der Waals surface area contributed by atoms with Crippen molar-refractivity contribution in [2.75, 3.05) is 57.8 Å². The molecule has 2 amide bonds. The minimum atomic E-state index is -0.420. The minimum Gasteiger partial charge on any atom is -0.494 e. The first-order valence-electron chi connectivity index (χ1n) is 10.3. The van der Waals surface area contributed by atoms with Crippen molar-refractivity contribution < 1.29 is 14.3 Å². The van der Waals surface area contributed by atoms with Crippen LogP contribution >= 0.6 is 0 Å². The summed E-state index contributed by atoms with van der Waals surface area (Å²) in [5.41, 5.74) is 0.612. The van der Waals surface area contributed by atoms with Crippen molar-refractivity contribution in [3.63, 3.8) is 0 Å². The number of carbonyl (C=O) groups is 2. The Balaban J connectivity index is 1.45. The zero-order valence-electron chi connectivity index (χ0n) is 17.0. The third kappa shape index (κ3) is 5.31. The quantitative estimate of drug-likeness (QED) is 0.509. The molecule has 2 aliphatic heterocycles. The van der Waals surface area contributed by atoms with Crippen LogP contribution < -0.4 is 15.0 Å². The van der Waals surface area contributed by atoms with E-state index >= 15 is 0 Å². The first-order valence-corrected chi connectivity index (χ1v) is 10.3. The fourth-order valence-electron chi connectivity index (χ4n) is 3.62. The van der Waals surface area contributed by atoms with E-state index in [1.807, 2.05) is 19.1 Å². The third-order valence-corrected chi connectivity index (χ3v) is 5.35. The lowest BCUT2D eigenvalue weighted by Crippen LogP contribution is -2.45. The van der Waals surface area contributed by atoms with E-state index in [1.54, 1.807) is 12.1 Å². The maximum atomic E-state index is 12.7. The van der Waals surface area contributed by atoms with Crippen LogP contribution in [0, 0.1) is 0 Å². The number of imide groups is 1. The normalized spacial score (nSPS) is 21.5. The molecular weight excluding hydrogens is 356 g/mol. The predicted molar refractivity (Wildman–Crippen MR) is 110 cm³/mol. The summed E-state index contributed by atoms with van der Waals surface area (Å²) >= 11 is 0. The summed E-state index contributed by atoms with van der Waals surface area (Å²) in [5.74, 6) is 0.443. The van der Waals surface area contributed by atoms with Crippen molar-refractivity contribution in [3.8, 4) is 5.75 Å². The molecule has 1 aromatic carbocycles. The number of rotatable bonds is 9. The molecule has 0 aromatic heterocycles. The lowest BCUT2D eigenvalue weighted by Gasteiger charge is -2.32. The van der Waals surface area contributed by atoms with Crippen LogP contribution in [0.15, 0.2) is 24.3 Å². The Morgan fingerprint density at radius 3 is 2.50 bits per heavy atom. The number of hydrogen-bond donors (Lipinski definition) is 1. The lowest BCUT2D eigenvalue weighted by molar-refractivity contribution is -0.121. The number of ether oxygens (including phenoxy) is 1. The smallest absolute Gasteiger partial charge is 0.251 e. The largest absolute Gasteiger partial charge is 0.494 e. The van der Waals surface area contributed by atoms with Crippen LogP contribution in [0.1, 0.15) is 26.2 Å². The molecule has 0 unspecified atom stereocenters. The van der Waals surface area contributed by atoms with Crippen molar-refractivity contribution in [2.24, 2.45) is 0 Å². The second kappa shape index (κ2) is 10.0. The molecular formula is C21H32N4O3. The molecule has 7 heteroatoms. The van der Waals surface area contributed by atoms with Gasteiger partial charge in [0.1, 0.15) is 5.75 Å². The Morgan fingerprint density at radius 1 is 1.11 bits per heavy atom. The van der Waals surface area contributed by atoms with E-state index in [1.165, 1.54) is 4.90 Å². The van der Waals surface area contributed by atoms with Gasteiger partial charge >= 0.3 is 0 Å². The van der Waals surface area contributed by atoms with Crippen LogP contribution in [0.3, 0.4) is 0 Å². The van der Waals surface area contributed by atoms with E-state index in [9.17, 15) is 9.59 Å². The van der Waals surface area contributed by atoms with Crippen molar-refractivity contribution >= 4 is 17.5 Å². The van der Waals surface area contributed by atoms with Gasteiger partial charge in [-0.3, -0.25) is 9.59 Å². The minimum absolute atomic E-state index is 0.149. The van der Waals surface area contributed by atoms with Gasteiger partial charge in [-0.05, 0) is 57.2 Å². The molecule has 0 bridgehead atoms. The van der Waals surface area contributed by atoms with E-state index < -0.39 is 6.04 Å². The van der Waals surface area contributed by atoms with Crippen molar-refractivity contribution in [1.29, 1.82) is 0 Å². The maximum absolute atomic E-state index is 12.7.